The van der Waals surface area contributed by atoms with Crippen LogP contribution in [0.1, 0.15) is 5.56 Å². The van der Waals surface area contributed by atoms with Crippen LogP contribution in [0, 0.1) is 11.8 Å². The molecule has 0 amide bonds. The molecule has 0 atom stereocenters. The molecular weight excluding hydrogens is 234 g/mol. The first kappa shape index (κ1) is 10.3. The van der Waals surface area contributed by atoms with Gasteiger partial charge in [-0.1, -0.05) is 12.1 Å². The Hall–Kier alpha value is -1.88. The number of oxazole rings is 1. The van der Waals surface area contributed by atoms with Crippen LogP contribution >= 0.6 is 12.2 Å². The molecule has 5 heteroatoms. The molecule has 3 rings (SSSR count). The van der Waals surface area contributed by atoms with Crippen LogP contribution in [0.25, 0.3) is 16.9 Å². The molecule has 17 heavy (non-hydrogen) atoms. The highest BCUT2D eigenvalue weighted by Gasteiger charge is 2.18. The van der Waals surface area contributed by atoms with E-state index in [9.17, 15) is 0 Å². The number of nitrogens with one attached hydrogen (secondary N) is 1. The zero-order valence-electron chi connectivity index (χ0n) is 9.60. The summed E-state index contributed by atoms with van der Waals surface area (Å²) in [6.45, 7) is 2.05. The van der Waals surface area contributed by atoms with Crippen molar-refractivity contribution in [3.05, 3.63) is 41.1 Å². The summed E-state index contributed by atoms with van der Waals surface area (Å²) < 4.78 is 9.52. The van der Waals surface area contributed by atoms with Gasteiger partial charge in [0.1, 0.15) is 6.20 Å². The van der Waals surface area contributed by atoms with Crippen LogP contribution in [0.4, 0.5) is 0 Å². The first-order chi connectivity index (χ1) is 8.18. The van der Waals surface area contributed by atoms with Crippen LogP contribution in [-0.2, 0) is 7.05 Å². The van der Waals surface area contributed by atoms with Gasteiger partial charge in [-0.05, 0) is 18.6 Å². The quantitative estimate of drug-likeness (QED) is 0.529. The number of aryl methyl sites for hydroxylation is 2. The molecule has 0 aliphatic carbocycles. The third kappa shape index (κ3) is 1.43. The number of hydrogen-bond donors (Lipinski definition) is 1. The van der Waals surface area contributed by atoms with E-state index in [1.165, 1.54) is 0 Å². The highest BCUT2D eigenvalue weighted by atomic mass is 32.1. The van der Waals surface area contributed by atoms with Crippen molar-refractivity contribution in [3.8, 4) is 5.82 Å². The minimum absolute atomic E-state index is 0.463. The second kappa shape index (κ2) is 3.56. The Kier molecular flexibility index (Phi) is 2.16. The monoisotopic (exact) mass is 246 g/mol. The Balaban J connectivity index is 2.48. The van der Waals surface area contributed by atoms with Crippen molar-refractivity contribution in [2.75, 3.05) is 0 Å². The molecule has 0 unspecified atom stereocenters. The van der Waals surface area contributed by atoms with E-state index in [-0.39, 0.29) is 0 Å². The standard InChI is InChI=1S/C12H11N3OS/c1-8-4-3-5-9-11(8)15(12(17)16-9)10-6-13-7-14(10)2/h3-7H,1-2H3/p+1. The van der Waals surface area contributed by atoms with Crippen molar-refractivity contribution in [3.63, 3.8) is 0 Å². The van der Waals surface area contributed by atoms with E-state index in [0.29, 0.717) is 4.84 Å². The van der Waals surface area contributed by atoms with E-state index in [1.54, 1.807) is 0 Å². The van der Waals surface area contributed by atoms with Crippen LogP contribution in [0.15, 0.2) is 35.1 Å². The number of hydrogen-bond acceptors (Lipinski definition) is 2. The molecular formula is C12H12N3OS+. The van der Waals surface area contributed by atoms with Gasteiger partial charge in [0.2, 0.25) is 0 Å². The lowest BCUT2D eigenvalue weighted by atomic mass is 10.2. The predicted molar refractivity (Wildman–Crippen MR) is 66.6 cm³/mol. The molecule has 86 valence electrons. The van der Waals surface area contributed by atoms with Crippen molar-refractivity contribution in [1.29, 1.82) is 0 Å². The van der Waals surface area contributed by atoms with Gasteiger partial charge < -0.3 is 4.42 Å². The van der Waals surface area contributed by atoms with E-state index < -0.39 is 0 Å². The summed E-state index contributed by atoms with van der Waals surface area (Å²) in [7, 11) is 1.96. The second-order valence-electron chi connectivity index (χ2n) is 4.03. The van der Waals surface area contributed by atoms with Crippen molar-refractivity contribution in [2.24, 2.45) is 7.05 Å². The number of H-pyrrole nitrogens is 1. The first-order valence-corrected chi connectivity index (χ1v) is 5.73. The summed E-state index contributed by atoms with van der Waals surface area (Å²) in [6, 6.07) is 5.95. The molecule has 2 aromatic heterocycles. The van der Waals surface area contributed by atoms with Crippen LogP contribution in [-0.4, -0.2) is 9.55 Å². The van der Waals surface area contributed by atoms with E-state index in [4.69, 9.17) is 16.6 Å². The molecule has 0 fully saturated rings. The first-order valence-electron chi connectivity index (χ1n) is 5.32. The maximum Gasteiger partial charge on any atom is 0.336 e. The lowest BCUT2D eigenvalue weighted by Gasteiger charge is -1.98. The zero-order valence-corrected chi connectivity index (χ0v) is 10.4. The van der Waals surface area contributed by atoms with Gasteiger partial charge in [-0.25, -0.2) is 4.57 Å². The molecule has 0 radical (unpaired) electrons. The molecule has 0 aliphatic rings. The largest absolute Gasteiger partial charge is 0.416 e. The number of rotatable bonds is 1. The number of imidazole rings is 1. The fourth-order valence-electron chi connectivity index (χ4n) is 2.05. The fourth-order valence-corrected chi connectivity index (χ4v) is 2.33. The van der Waals surface area contributed by atoms with Crippen LogP contribution in [0.3, 0.4) is 0 Å². The average Bonchev–Trinajstić information content (AvgIpc) is 2.82. The van der Waals surface area contributed by atoms with Crippen molar-refractivity contribution < 1.29 is 8.98 Å². The highest BCUT2D eigenvalue weighted by Crippen LogP contribution is 2.23. The lowest BCUT2D eigenvalue weighted by molar-refractivity contribution is -0.664. The number of aromatic amines is 1. The Morgan fingerprint density at radius 1 is 1.41 bits per heavy atom. The van der Waals surface area contributed by atoms with Crippen LogP contribution in [0.5, 0.6) is 0 Å². The van der Waals surface area contributed by atoms with Crippen molar-refractivity contribution in [2.45, 2.75) is 6.92 Å². The van der Waals surface area contributed by atoms with Gasteiger partial charge in [0.05, 0.1) is 7.05 Å². The number of para-hydroxylation sites is 1. The van der Waals surface area contributed by atoms with Crippen LogP contribution in [0.2, 0.25) is 0 Å². The Labute approximate surface area is 103 Å². The van der Waals surface area contributed by atoms with Crippen molar-refractivity contribution in [1.82, 2.24) is 9.55 Å². The van der Waals surface area contributed by atoms with Gasteiger partial charge in [0, 0.05) is 12.2 Å². The SMILES string of the molecule is Cc1cccc2oc(=S)n(-c3c[nH]c[n+]3C)c12. The highest BCUT2D eigenvalue weighted by molar-refractivity contribution is 7.71. The van der Waals surface area contributed by atoms with E-state index in [1.807, 2.05) is 40.8 Å². The molecule has 0 bridgehead atoms. The summed E-state index contributed by atoms with van der Waals surface area (Å²) in [5, 5.41) is 0. The fraction of sp³-hybridized carbons (Fsp3) is 0.167. The third-order valence-corrected chi connectivity index (χ3v) is 3.14. The number of aromatic nitrogens is 3. The third-order valence-electron chi connectivity index (χ3n) is 2.88. The Morgan fingerprint density at radius 3 is 2.94 bits per heavy atom. The van der Waals surface area contributed by atoms with Gasteiger partial charge in [-0.3, -0.25) is 4.98 Å². The summed E-state index contributed by atoms with van der Waals surface area (Å²) >= 11 is 5.29. The topological polar surface area (TPSA) is 37.7 Å². The molecule has 1 aromatic carbocycles. The van der Waals surface area contributed by atoms with Crippen LogP contribution < -0.4 is 4.57 Å². The van der Waals surface area contributed by atoms with Gasteiger partial charge in [-0.15, -0.1) is 0 Å². The summed E-state index contributed by atoms with van der Waals surface area (Å²) in [5.41, 5.74) is 2.98. The Morgan fingerprint density at radius 2 is 2.24 bits per heavy atom. The molecule has 0 saturated heterocycles. The van der Waals surface area contributed by atoms with E-state index in [0.717, 1.165) is 22.5 Å². The van der Waals surface area contributed by atoms with Gasteiger partial charge in [0.25, 0.3) is 5.82 Å². The maximum atomic E-state index is 5.61. The van der Waals surface area contributed by atoms with Gasteiger partial charge in [0.15, 0.2) is 17.4 Å². The predicted octanol–water partition coefficient (Wildman–Crippen LogP) is 2.41. The van der Waals surface area contributed by atoms with E-state index >= 15 is 0 Å². The maximum absolute atomic E-state index is 5.61. The number of benzene rings is 1. The molecule has 0 aliphatic heterocycles. The smallest absolute Gasteiger partial charge is 0.336 e. The van der Waals surface area contributed by atoms with Crippen molar-refractivity contribution >= 4 is 23.3 Å². The van der Waals surface area contributed by atoms with Gasteiger partial charge >= 0.3 is 4.84 Å². The zero-order chi connectivity index (χ0) is 12.0. The number of fused-ring (bicyclic) bond motifs is 1. The molecule has 4 nitrogen and oxygen atoms in total. The lowest BCUT2D eigenvalue weighted by Crippen LogP contribution is -2.30. The summed E-state index contributed by atoms with van der Waals surface area (Å²) in [4.78, 5) is 3.51. The molecule has 0 spiro atoms. The average molecular weight is 246 g/mol. The molecule has 2 heterocycles. The minimum Gasteiger partial charge on any atom is -0.416 e. The normalized spacial score (nSPS) is 11.2. The summed E-state index contributed by atoms with van der Waals surface area (Å²) in [6.07, 6.45) is 3.77. The molecule has 1 N–H and O–H groups in total. The second-order valence-corrected chi connectivity index (χ2v) is 4.38. The molecule has 0 saturated carbocycles. The van der Waals surface area contributed by atoms with E-state index in [2.05, 4.69) is 18.0 Å². The minimum atomic E-state index is 0.463. The summed E-state index contributed by atoms with van der Waals surface area (Å²) in [5.74, 6) is 0.961. The Bertz CT molecular complexity index is 751. The van der Waals surface area contributed by atoms with Gasteiger partial charge in [-0.2, -0.15) is 4.57 Å². The molecule has 3 aromatic rings. The number of nitrogens with zero attached hydrogens (tertiary/aromatic N) is 2.